The van der Waals surface area contributed by atoms with Crippen LogP contribution in [0.15, 0.2) is 42.6 Å². The number of carbonyl (C=O) groups is 2. The van der Waals surface area contributed by atoms with Crippen molar-refractivity contribution in [3.8, 4) is 0 Å². The molecule has 2 aliphatic heterocycles. The van der Waals surface area contributed by atoms with Crippen molar-refractivity contribution in [1.29, 1.82) is 0 Å². The van der Waals surface area contributed by atoms with E-state index < -0.39 is 11.6 Å². The van der Waals surface area contributed by atoms with Crippen LogP contribution in [0, 0.1) is 6.92 Å². The second-order valence-electron chi connectivity index (χ2n) is 11.6. The maximum Gasteiger partial charge on any atom is 0.415 e. The number of hydrogen-bond acceptors (Lipinski definition) is 4. The Morgan fingerprint density at radius 1 is 1.08 bits per heavy atom. The average molecular weight is 500 g/mol. The van der Waals surface area contributed by atoms with Gasteiger partial charge in [0.05, 0.1) is 17.6 Å². The summed E-state index contributed by atoms with van der Waals surface area (Å²) in [5.74, 6) is -0.228. The zero-order chi connectivity index (χ0) is 25.3. The maximum atomic E-state index is 12.8. The number of hydrogen-bond donors (Lipinski definition) is 1. The second-order valence-corrected chi connectivity index (χ2v) is 11.6. The number of nitrogens with zero attached hydrogens (tertiary/aromatic N) is 3. The van der Waals surface area contributed by atoms with E-state index in [1.165, 1.54) is 65.4 Å². The number of ether oxygens (including phenoxy) is 1. The van der Waals surface area contributed by atoms with Crippen molar-refractivity contribution in [2.24, 2.45) is 0 Å². The van der Waals surface area contributed by atoms with Crippen LogP contribution in [0.25, 0.3) is 10.9 Å². The molecule has 2 aromatic carbocycles. The van der Waals surface area contributed by atoms with E-state index in [1.54, 1.807) is 17.0 Å². The van der Waals surface area contributed by atoms with E-state index in [-0.39, 0.29) is 11.7 Å². The number of carboxylic acid groups (broad SMARTS) is 1. The lowest BCUT2D eigenvalue weighted by Crippen LogP contribution is -2.46. The van der Waals surface area contributed by atoms with E-state index in [1.807, 2.05) is 0 Å². The minimum Gasteiger partial charge on any atom is -0.478 e. The molecule has 7 rings (SSSR count). The number of amides is 1. The van der Waals surface area contributed by atoms with Crippen molar-refractivity contribution >= 4 is 28.7 Å². The van der Waals surface area contributed by atoms with Crippen LogP contribution < -0.4 is 4.90 Å². The Bertz CT molecular complexity index is 1390. The van der Waals surface area contributed by atoms with Gasteiger partial charge in [-0.25, -0.2) is 9.59 Å². The number of rotatable bonds is 6. The standard InChI is InChI=1S/C30H33N3O4/c1-19-14-22(20-2-3-20)15-26-23(17-32(27(19)26)24-8-9-24)16-31-12-10-30(11-13-31)18-33(29(36)37-30)25-6-4-21(5-7-25)28(34)35/h4-7,14-15,17,20,24H,2-3,8-13,16,18H2,1H3,(H,34,35). The number of benzene rings is 2. The van der Waals surface area contributed by atoms with Crippen LogP contribution in [0.4, 0.5) is 10.5 Å². The molecule has 4 aliphatic rings. The first-order valence-electron chi connectivity index (χ1n) is 13.6. The molecule has 0 atom stereocenters. The number of likely N-dealkylation sites (tertiary alicyclic amines) is 1. The molecule has 7 nitrogen and oxygen atoms in total. The molecule has 0 unspecified atom stereocenters. The van der Waals surface area contributed by atoms with Gasteiger partial charge in [0.2, 0.25) is 0 Å². The van der Waals surface area contributed by atoms with Crippen molar-refractivity contribution in [3.05, 3.63) is 64.8 Å². The predicted molar refractivity (Wildman–Crippen MR) is 141 cm³/mol. The van der Waals surface area contributed by atoms with Crippen molar-refractivity contribution in [2.45, 2.75) is 69.6 Å². The molecule has 1 spiro atoms. The zero-order valence-corrected chi connectivity index (χ0v) is 21.3. The Balaban J connectivity index is 1.07. The highest BCUT2D eigenvalue weighted by Crippen LogP contribution is 2.45. The summed E-state index contributed by atoms with van der Waals surface area (Å²) < 4.78 is 8.49. The Morgan fingerprint density at radius 2 is 1.81 bits per heavy atom. The number of aromatic carboxylic acids is 1. The highest BCUT2D eigenvalue weighted by molar-refractivity contribution is 5.92. The molecular weight excluding hydrogens is 466 g/mol. The van der Waals surface area contributed by atoms with Gasteiger partial charge in [-0.05, 0) is 85.5 Å². The number of anilines is 1. The summed E-state index contributed by atoms with van der Waals surface area (Å²) in [5, 5.41) is 10.6. The second kappa shape index (κ2) is 8.35. The fourth-order valence-electron chi connectivity index (χ4n) is 6.34. The minimum absolute atomic E-state index is 0.210. The summed E-state index contributed by atoms with van der Waals surface area (Å²) in [5.41, 5.74) is 6.18. The van der Waals surface area contributed by atoms with Crippen LogP contribution in [0.1, 0.15) is 77.5 Å². The lowest BCUT2D eigenvalue weighted by molar-refractivity contribution is -0.000897. The molecule has 0 radical (unpaired) electrons. The van der Waals surface area contributed by atoms with E-state index >= 15 is 0 Å². The third-order valence-corrected chi connectivity index (χ3v) is 8.77. The Kier molecular flexibility index (Phi) is 5.15. The number of piperidine rings is 1. The van der Waals surface area contributed by atoms with Gasteiger partial charge >= 0.3 is 12.1 Å². The van der Waals surface area contributed by atoms with Crippen molar-refractivity contribution in [3.63, 3.8) is 0 Å². The van der Waals surface area contributed by atoms with Crippen LogP contribution in [0.3, 0.4) is 0 Å². The molecule has 3 heterocycles. The van der Waals surface area contributed by atoms with E-state index in [9.17, 15) is 9.59 Å². The summed E-state index contributed by atoms with van der Waals surface area (Å²) in [4.78, 5) is 28.1. The molecule has 3 aromatic rings. The quantitative estimate of drug-likeness (QED) is 0.460. The Morgan fingerprint density at radius 3 is 2.46 bits per heavy atom. The van der Waals surface area contributed by atoms with Crippen LogP contribution in [0.5, 0.6) is 0 Å². The molecule has 4 fully saturated rings. The first-order valence-corrected chi connectivity index (χ1v) is 13.6. The van der Waals surface area contributed by atoms with Gasteiger partial charge in [0.25, 0.3) is 0 Å². The lowest BCUT2D eigenvalue weighted by Gasteiger charge is -2.37. The highest BCUT2D eigenvalue weighted by atomic mass is 16.6. The molecule has 2 aliphatic carbocycles. The van der Waals surface area contributed by atoms with Gasteiger partial charge in [-0.15, -0.1) is 0 Å². The molecule has 1 amide bonds. The fraction of sp³-hybridized carbons (Fsp3) is 0.467. The van der Waals surface area contributed by atoms with Crippen molar-refractivity contribution in [1.82, 2.24) is 9.47 Å². The Labute approximate surface area is 216 Å². The van der Waals surface area contributed by atoms with E-state index in [2.05, 4.69) is 34.7 Å². The highest BCUT2D eigenvalue weighted by Gasteiger charge is 2.47. The number of aryl methyl sites for hydroxylation is 1. The SMILES string of the molecule is Cc1cc(C2CC2)cc2c(CN3CCC4(CC3)CN(c3ccc(C(=O)O)cc3)C(=O)O4)cn(C3CC3)c12. The molecule has 1 N–H and O–H groups in total. The first kappa shape index (κ1) is 22.8. The molecule has 37 heavy (non-hydrogen) atoms. The number of fused-ring (bicyclic) bond motifs is 1. The van der Waals surface area contributed by atoms with Crippen LogP contribution in [0.2, 0.25) is 0 Å². The maximum absolute atomic E-state index is 12.8. The molecule has 7 heteroatoms. The average Bonchev–Trinajstić information content (AvgIpc) is 3.82. The number of carbonyl (C=O) groups excluding carboxylic acids is 1. The monoisotopic (exact) mass is 499 g/mol. The third kappa shape index (κ3) is 4.09. The summed E-state index contributed by atoms with van der Waals surface area (Å²) in [7, 11) is 0. The fourth-order valence-corrected chi connectivity index (χ4v) is 6.34. The van der Waals surface area contributed by atoms with Crippen LogP contribution in [-0.4, -0.2) is 51.9 Å². The van der Waals surface area contributed by atoms with E-state index in [0.717, 1.165) is 38.4 Å². The predicted octanol–water partition coefficient (Wildman–Crippen LogP) is 5.85. The summed E-state index contributed by atoms with van der Waals surface area (Å²) >= 11 is 0. The van der Waals surface area contributed by atoms with Gasteiger partial charge in [0.1, 0.15) is 5.60 Å². The van der Waals surface area contributed by atoms with Crippen LogP contribution >= 0.6 is 0 Å². The van der Waals surface area contributed by atoms with Gasteiger partial charge in [-0.2, -0.15) is 0 Å². The molecule has 1 aromatic heterocycles. The largest absolute Gasteiger partial charge is 0.478 e. The summed E-state index contributed by atoms with van der Waals surface area (Å²) in [6.45, 7) is 5.48. The normalized spacial score (nSPS) is 21.6. The van der Waals surface area contributed by atoms with E-state index in [4.69, 9.17) is 9.84 Å². The van der Waals surface area contributed by atoms with Gasteiger partial charge in [-0.3, -0.25) is 9.80 Å². The van der Waals surface area contributed by atoms with Crippen molar-refractivity contribution < 1.29 is 19.4 Å². The molecule has 2 saturated heterocycles. The lowest BCUT2D eigenvalue weighted by atomic mass is 9.91. The molecule has 0 bridgehead atoms. The number of carboxylic acids is 1. The van der Waals surface area contributed by atoms with Crippen LogP contribution in [-0.2, 0) is 11.3 Å². The minimum atomic E-state index is -0.974. The van der Waals surface area contributed by atoms with Gasteiger partial charge in [-0.1, -0.05) is 6.07 Å². The van der Waals surface area contributed by atoms with Gasteiger partial charge < -0.3 is 14.4 Å². The topological polar surface area (TPSA) is 75.0 Å². The Hall–Kier alpha value is -3.32. The van der Waals surface area contributed by atoms with E-state index in [0.29, 0.717) is 18.3 Å². The smallest absolute Gasteiger partial charge is 0.415 e. The molecular formula is C30H33N3O4. The zero-order valence-electron chi connectivity index (χ0n) is 21.3. The van der Waals surface area contributed by atoms with Crippen molar-refractivity contribution in [2.75, 3.05) is 24.5 Å². The molecule has 192 valence electrons. The van der Waals surface area contributed by atoms with Gasteiger partial charge in [0, 0.05) is 55.8 Å². The first-order chi connectivity index (χ1) is 17.9. The third-order valence-electron chi connectivity index (χ3n) is 8.77. The summed E-state index contributed by atoms with van der Waals surface area (Å²) in [6, 6.07) is 12.0. The molecule has 2 saturated carbocycles. The summed E-state index contributed by atoms with van der Waals surface area (Å²) in [6.07, 6.45) is 8.86. The van der Waals surface area contributed by atoms with Gasteiger partial charge in [0.15, 0.2) is 0 Å². The number of aromatic nitrogens is 1.